The Bertz CT molecular complexity index is 411. The van der Waals surface area contributed by atoms with Crippen molar-refractivity contribution >= 4 is 20.9 Å². The fourth-order valence-electron chi connectivity index (χ4n) is 2.47. The number of anilines is 1. The monoisotopic (exact) mass is 311 g/mol. The first-order valence-corrected chi connectivity index (χ1v) is 8.84. The Morgan fingerprint density at radius 2 is 1.90 bits per heavy atom. The highest BCUT2D eigenvalue weighted by atomic mass is 28.3. The number of carboxylic acids is 1. The smallest absolute Gasteiger partial charge is 0.344 e. The van der Waals surface area contributed by atoms with Gasteiger partial charge in [0.05, 0.1) is 12.1 Å². The van der Waals surface area contributed by atoms with Gasteiger partial charge in [-0.3, -0.25) is 4.79 Å². The predicted octanol–water partition coefficient (Wildman–Crippen LogP) is 2.19. The lowest BCUT2D eigenvalue weighted by molar-refractivity contribution is -0.136. The third-order valence-electron chi connectivity index (χ3n) is 3.42. The van der Waals surface area contributed by atoms with Crippen molar-refractivity contribution in [3.8, 4) is 0 Å². The first-order valence-electron chi connectivity index (χ1n) is 7.23. The van der Waals surface area contributed by atoms with Crippen molar-refractivity contribution in [3.63, 3.8) is 0 Å². The van der Waals surface area contributed by atoms with Gasteiger partial charge in [0.1, 0.15) is 0 Å². The van der Waals surface area contributed by atoms with Crippen LogP contribution >= 0.6 is 0 Å². The summed E-state index contributed by atoms with van der Waals surface area (Å²) in [4.78, 5) is 13.1. The summed E-state index contributed by atoms with van der Waals surface area (Å²) in [6.07, 6.45) is 2.02. The highest BCUT2D eigenvalue weighted by Crippen LogP contribution is 2.22. The highest BCUT2D eigenvalue weighted by molar-refractivity contribution is 6.47. The van der Waals surface area contributed by atoms with Gasteiger partial charge >= 0.3 is 15.3 Å². The average Bonchev–Trinajstić information content (AvgIpc) is 2.49. The number of nitrogens with zero attached hydrogens (tertiary/aromatic N) is 1. The van der Waals surface area contributed by atoms with Crippen LogP contribution in [-0.2, 0) is 13.6 Å². The van der Waals surface area contributed by atoms with Crippen molar-refractivity contribution in [1.82, 2.24) is 0 Å². The lowest BCUT2D eigenvalue weighted by Gasteiger charge is -2.36. The molecule has 0 aliphatic heterocycles. The summed E-state index contributed by atoms with van der Waals surface area (Å²) in [6.45, 7) is 2.57. The minimum atomic E-state index is -1.88. The number of hydrogen-bond donors (Lipinski definition) is 1. The molecule has 0 amide bonds. The van der Waals surface area contributed by atoms with Gasteiger partial charge in [-0.1, -0.05) is 31.5 Å². The van der Waals surface area contributed by atoms with Crippen molar-refractivity contribution in [2.75, 3.05) is 25.7 Å². The second-order valence-electron chi connectivity index (χ2n) is 4.87. The molecule has 1 aromatic carbocycles. The maximum Gasteiger partial charge on any atom is 0.344 e. The van der Waals surface area contributed by atoms with E-state index in [0.29, 0.717) is 6.54 Å². The molecule has 21 heavy (non-hydrogen) atoms. The molecular formula is C15H25NO4Si. The third-order valence-corrected chi connectivity index (χ3v) is 5.67. The summed E-state index contributed by atoms with van der Waals surface area (Å²) in [5, 5.41) is 9.00. The molecule has 0 spiro atoms. The lowest BCUT2D eigenvalue weighted by Crippen LogP contribution is -2.49. The van der Waals surface area contributed by atoms with E-state index in [4.69, 9.17) is 14.0 Å². The van der Waals surface area contributed by atoms with Gasteiger partial charge < -0.3 is 18.9 Å². The molecule has 5 nitrogen and oxygen atoms in total. The number of para-hydroxylation sites is 1. The van der Waals surface area contributed by atoms with E-state index in [9.17, 15) is 4.79 Å². The van der Waals surface area contributed by atoms with Gasteiger partial charge in [0.25, 0.3) is 0 Å². The second-order valence-corrected chi connectivity index (χ2v) is 7.32. The molecule has 0 heterocycles. The molecule has 0 aromatic heterocycles. The molecule has 0 saturated heterocycles. The SMILES string of the molecule is CCCC(N(CCC(=O)O)c1ccccc1)[SiH](OC)OC. The fourth-order valence-corrected chi connectivity index (χ4v) is 4.51. The number of carbonyl (C=O) groups is 1. The highest BCUT2D eigenvalue weighted by Gasteiger charge is 2.30. The molecule has 0 aliphatic rings. The number of rotatable bonds is 10. The molecule has 0 aliphatic carbocycles. The van der Waals surface area contributed by atoms with Crippen LogP contribution in [0.1, 0.15) is 26.2 Å². The van der Waals surface area contributed by atoms with Gasteiger partial charge in [0.15, 0.2) is 0 Å². The van der Waals surface area contributed by atoms with Crippen LogP contribution in [0.15, 0.2) is 30.3 Å². The van der Waals surface area contributed by atoms with Gasteiger partial charge in [-0.05, 0) is 18.6 Å². The standard InChI is InChI=1S/C15H25NO4Si/c1-4-8-14(21(19-2)20-3)16(12-11-15(17)18)13-9-6-5-7-10-13/h5-7,9-10,14,21H,4,8,11-12H2,1-3H3,(H,17,18). The maximum absolute atomic E-state index is 10.9. The normalized spacial score (nSPS) is 12.4. The Kier molecular flexibility index (Phi) is 8.03. The van der Waals surface area contributed by atoms with E-state index in [1.807, 2.05) is 30.3 Å². The van der Waals surface area contributed by atoms with Crippen LogP contribution in [0.3, 0.4) is 0 Å². The molecule has 0 saturated carbocycles. The molecule has 1 unspecified atom stereocenters. The Balaban J connectivity index is 3.02. The van der Waals surface area contributed by atoms with Crippen molar-refractivity contribution in [2.24, 2.45) is 0 Å². The fraction of sp³-hybridized carbons (Fsp3) is 0.533. The number of aliphatic carboxylic acids is 1. The quantitative estimate of drug-likeness (QED) is 0.671. The van der Waals surface area contributed by atoms with Crippen LogP contribution in [0.5, 0.6) is 0 Å². The Hall–Kier alpha value is -1.37. The van der Waals surface area contributed by atoms with E-state index in [-0.39, 0.29) is 12.1 Å². The van der Waals surface area contributed by atoms with Crippen LogP contribution in [0.2, 0.25) is 0 Å². The van der Waals surface area contributed by atoms with Crippen molar-refractivity contribution in [1.29, 1.82) is 0 Å². The van der Waals surface area contributed by atoms with E-state index in [2.05, 4.69) is 11.8 Å². The largest absolute Gasteiger partial charge is 0.481 e. The van der Waals surface area contributed by atoms with E-state index in [1.54, 1.807) is 14.2 Å². The van der Waals surface area contributed by atoms with Gasteiger partial charge in [0, 0.05) is 26.5 Å². The minimum Gasteiger partial charge on any atom is -0.481 e. The van der Waals surface area contributed by atoms with Crippen LogP contribution in [-0.4, -0.2) is 46.8 Å². The average molecular weight is 311 g/mol. The Labute approximate surface area is 128 Å². The van der Waals surface area contributed by atoms with Crippen molar-refractivity contribution < 1.29 is 18.8 Å². The summed E-state index contributed by atoms with van der Waals surface area (Å²) in [7, 11) is 1.46. The van der Waals surface area contributed by atoms with Gasteiger partial charge in [-0.25, -0.2) is 0 Å². The molecule has 0 bridgehead atoms. The second kappa shape index (κ2) is 9.54. The summed E-state index contributed by atoms with van der Waals surface area (Å²) in [5.74, 6) is -0.792. The molecule has 1 aromatic rings. The van der Waals surface area contributed by atoms with Crippen molar-refractivity contribution in [2.45, 2.75) is 31.9 Å². The van der Waals surface area contributed by atoms with Crippen LogP contribution in [0.4, 0.5) is 5.69 Å². The molecule has 118 valence electrons. The minimum absolute atomic E-state index is 0.101. The molecule has 1 rings (SSSR count). The number of carboxylic acid groups (broad SMARTS) is 1. The number of hydrogen-bond acceptors (Lipinski definition) is 4. The number of benzene rings is 1. The zero-order valence-corrected chi connectivity index (χ0v) is 14.1. The molecule has 0 radical (unpaired) electrons. The first kappa shape index (κ1) is 17.7. The Morgan fingerprint density at radius 3 is 2.38 bits per heavy atom. The van der Waals surface area contributed by atoms with Gasteiger partial charge in [-0.15, -0.1) is 0 Å². The first-order chi connectivity index (χ1) is 10.1. The zero-order chi connectivity index (χ0) is 15.7. The zero-order valence-electron chi connectivity index (χ0n) is 13.0. The van der Waals surface area contributed by atoms with E-state index in [1.165, 1.54) is 0 Å². The molecular weight excluding hydrogens is 286 g/mol. The summed E-state index contributed by atoms with van der Waals surface area (Å²) < 4.78 is 11.1. The lowest BCUT2D eigenvalue weighted by atomic mass is 10.2. The van der Waals surface area contributed by atoms with E-state index in [0.717, 1.165) is 18.5 Å². The van der Waals surface area contributed by atoms with E-state index < -0.39 is 15.3 Å². The third kappa shape index (κ3) is 5.49. The van der Waals surface area contributed by atoms with E-state index >= 15 is 0 Å². The maximum atomic E-state index is 10.9. The molecule has 0 fully saturated rings. The summed E-state index contributed by atoms with van der Waals surface area (Å²) in [6, 6.07) is 9.88. The Morgan fingerprint density at radius 1 is 1.29 bits per heavy atom. The molecule has 6 heteroatoms. The predicted molar refractivity (Wildman–Crippen MR) is 85.9 cm³/mol. The van der Waals surface area contributed by atoms with Gasteiger partial charge in [0.2, 0.25) is 0 Å². The van der Waals surface area contributed by atoms with Crippen LogP contribution in [0, 0.1) is 0 Å². The van der Waals surface area contributed by atoms with Crippen molar-refractivity contribution in [3.05, 3.63) is 30.3 Å². The van der Waals surface area contributed by atoms with Gasteiger partial charge in [-0.2, -0.15) is 0 Å². The topological polar surface area (TPSA) is 59.0 Å². The van der Waals surface area contributed by atoms with Crippen LogP contribution < -0.4 is 4.90 Å². The molecule has 1 atom stereocenters. The van der Waals surface area contributed by atoms with Crippen LogP contribution in [0.25, 0.3) is 0 Å². The molecule has 1 N–H and O–H groups in total. The summed E-state index contributed by atoms with van der Waals surface area (Å²) >= 11 is 0. The summed E-state index contributed by atoms with van der Waals surface area (Å²) in [5.41, 5.74) is 1.13.